The van der Waals surface area contributed by atoms with E-state index >= 15 is 0 Å². The topological polar surface area (TPSA) is 90.3 Å². The molecule has 1 N–H and O–H groups in total. The predicted octanol–water partition coefficient (Wildman–Crippen LogP) is 2.16. The van der Waals surface area contributed by atoms with Crippen molar-refractivity contribution >= 4 is 21.6 Å². The lowest BCUT2D eigenvalue weighted by atomic mass is 10.1. The molecule has 0 aliphatic heterocycles. The molecule has 0 aromatic heterocycles. The lowest BCUT2D eigenvalue weighted by molar-refractivity contribution is -0.120. The lowest BCUT2D eigenvalue weighted by Gasteiger charge is -2.24. The quantitative estimate of drug-likeness (QED) is 0.825. The molecule has 1 aromatic rings. The number of carbonyl (C=O) groups is 1. The second-order valence-electron chi connectivity index (χ2n) is 6.15. The molecule has 6 nitrogen and oxygen atoms in total. The first-order chi connectivity index (χ1) is 11.4. The zero-order chi connectivity index (χ0) is 17.6. The second-order valence-corrected chi connectivity index (χ2v) is 8.06. The number of nitriles is 1. The van der Waals surface area contributed by atoms with Gasteiger partial charge in [-0.25, -0.2) is 8.42 Å². The summed E-state index contributed by atoms with van der Waals surface area (Å²) in [6, 6.07) is 8.47. The highest BCUT2D eigenvalue weighted by molar-refractivity contribution is 7.92. The first kappa shape index (κ1) is 18.3. The van der Waals surface area contributed by atoms with Gasteiger partial charge in [0.25, 0.3) is 0 Å². The van der Waals surface area contributed by atoms with E-state index < -0.39 is 10.0 Å². The molecule has 1 amide bonds. The minimum atomic E-state index is -3.67. The number of sulfonamides is 1. The normalized spacial score (nSPS) is 16.0. The summed E-state index contributed by atoms with van der Waals surface area (Å²) in [5.74, 6) is -0.333. The average molecular weight is 349 g/mol. The van der Waals surface area contributed by atoms with Crippen molar-refractivity contribution in [1.82, 2.24) is 5.32 Å². The van der Waals surface area contributed by atoms with Crippen LogP contribution in [0.2, 0.25) is 0 Å². The van der Waals surface area contributed by atoms with Crippen LogP contribution in [0.25, 0.3) is 0 Å². The zero-order valence-corrected chi connectivity index (χ0v) is 14.7. The Morgan fingerprint density at radius 3 is 2.46 bits per heavy atom. The molecule has 1 aliphatic rings. The maximum Gasteiger partial charge on any atom is 0.240 e. The van der Waals surface area contributed by atoms with Gasteiger partial charge < -0.3 is 5.32 Å². The van der Waals surface area contributed by atoms with Gasteiger partial charge in [-0.2, -0.15) is 5.26 Å². The van der Waals surface area contributed by atoms with Gasteiger partial charge in [-0.3, -0.25) is 9.10 Å². The molecular formula is C17H23N3O3S. The van der Waals surface area contributed by atoms with Gasteiger partial charge in [0, 0.05) is 6.04 Å². The van der Waals surface area contributed by atoms with Crippen molar-refractivity contribution in [3.63, 3.8) is 0 Å². The fourth-order valence-electron chi connectivity index (χ4n) is 2.99. The van der Waals surface area contributed by atoms with Crippen molar-refractivity contribution in [1.29, 1.82) is 5.26 Å². The van der Waals surface area contributed by atoms with E-state index in [0.717, 1.165) is 36.2 Å². The van der Waals surface area contributed by atoms with Gasteiger partial charge in [0.2, 0.25) is 15.9 Å². The average Bonchev–Trinajstić information content (AvgIpc) is 2.80. The van der Waals surface area contributed by atoms with Gasteiger partial charge in [0.1, 0.15) is 12.6 Å². The van der Waals surface area contributed by atoms with Crippen LogP contribution in [0.15, 0.2) is 24.3 Å². The fourth-order valence-corrected chi connectivity index (χ4v) is 3.86. The predicted molar refractivity (Wildman–Crippen MR) is 93.0 cm³/mol. The highest BCUT2D eigenvalue weighted by Crippen LogP contribution is 2.22. The highest BCUT2D eigenvalue weighted by atomic mass is 32.2. The van der Waals surface area contributed by atoms with E-state index in [-0.39, 0.29) is 29.7 Å². The van der Waals surface area contributed by atoms with Crippen molar-refractivity contribution in [2.24, 2.45) is 0 Å². The molecular weight excluding hydrogens is 326 g/mol. The van der Waals surface area contributed by atoms with Crippen LogP contribution in [0.3, 0.4) is 0 Å². The van der Waals surface area contributed by atoms with E-state index in [1.54, 1.807) is 18.2 Å². The molecule has 1 aromatic carbocycles. The van der Waals surface area contributed by atoms with Crippen molar-refractivity contribution in [2.75, 3.05) is 17.1 Å². The first-order valence-electron chi connectivity index (χ1n) is 8.18. The number of rotatable bonds is 5. The summed E-state index contributed by atoms with van der Waals surface area (Å²) >= 11 is 0. The van der Waals surface area contributed by atoms with E-state index in [2.05, 4.69) is 5.32 Å². The molecule has 2 rings (SSSR count). The van der Waals surface area contributed by atoms with E-state index in [9.17, 15) is 18.5 Å². The number of benzene rings is 1. The molecule has 0 unspecified atom stereocenters. The Morgan fingerprint density at radius 2 is 1.88 bits per heavy atom. The molecule has 0 heterocycles. The van der Waals surface area contributed by atoms with Gasteiger partial charge in [0.05, 0.1) is 17.5 Å². The van der Waals surface area contributed by atoms with Crippen molar-refractivity contribution in [2.45, 2.75) is 44.6 Å². The van der Waals surface area contributed by atoms with E-state index in [0.29, 0.717) is 0 Å². The maximum atomic E-state index is 12.4. The number of hydrogen-bond donors (Lipinski definition) is 1. The third kappa shape index (κ3) is 4.96. The maximum absolute atomic E-state index is 12.4. The second kappa shape index (κ2) is 8.15. The van der Waals surface area contributed by atoms with Crippen molar-refractivity contribution in [3.05, 3.63) is 29.8 Å². The van der Waals surface area contributed by atoms with Crippen LogP contribution in [0.4, 0.5) is 5.69 Å². The first-order valence-corrected chi connectivity index (χ1v) is 10.0. The Hall–Kier alpha value is -2.07. The standard InChI is InChI=1S/C17H23N3O3S/c1-24(22,23)20(16-11-7-6-8-14(16)12-18)13-17(21)19-15-9-4-2-3-5-10-15/h6-8,11,15H,2-5,9-10,13H2,1H3,(H,19,21). The van der Waals surface area contributed by atoms with Gasteiger partial charge in [-0.05, 0) is 25.0 Å². The van der Waals surface area contributed by atoms with Crippen LogP contribution < -0.4 is 9.62 Å². The smallest absolute Gasteiger partial charge is 0.240 e. The molecule has 1 fully saturated rings. The summed E-state index contributed by atoms with van der Waals surface area (Å²) in [7, 11) is -3.67. The Kier molecular flexibility index (Phi) is 6.21. The number of carbonyl (C=O) groups excluding carboxylic acids is 1. The Balaban J connectivity index is 2.15. The number of anilines is 1. The summed E-state index contributed by atoms with van der Waals surface area (Å²) in [6.07, 6.45) is 7.42. The summed E-state index contributed by atoms with van der Waals surface area (Å²) in [4.78, 5) is 12.4. The molecule has 0 saturated heterocycles. The Bertz CT molecular complexity index is 717. The van der Waals surface area contributed by atoms with E-state index in [1.807, 2.05) is 6.07 Å². The molecule has 0 radical (unpaired) electrons. The molecule has 1 saturated carbocycles. The number of amides is 1. The van der Waals surface area contributed by atoms with Crippen LogP contribution in [-0.4, -0.2) is 33.2 Å². The monoisotopic (exact) mass is 349 g/mol. The summed E-state index contributed by atoms with van der Waals surface area (Å²) < 4.78 is 25.2. The minimum absolute atomic E-state index is 0.104. The van der Waals surface area contributed by atoms with Gasteiger partial charge in [0.15, 0.2) is 0 Å². The van der Waals surface area contributed by atoms with Crippen LogP contribution in [0.1, 0.15) is 44.1 Å². The molecule has 0 atom stereocenters. The Morgan fingerprint density at radius 1 is 1.25 bits per heavy atom. The van der Waals surface area contributed by atoms with Crippen LogP contribution in [0, 0.1) is 11.3 Å². The SMILES string of the molecule is CS(=O)(=O)N(CC(=O)NC1CCCCCC1)c1ccccc1C#N. The molecule has 1 aliphatic carbocycles. The summed E-state index contributed by atoms with van der Waals surface area (Å²) in [6.45, 7) is -0.311. The molecule has 0 spiro atoms. The fraction of sp³-hybridized carbons (Fsp3) is 0.529. The molecule has 24 heavy (non-hydrogen) atoms. The Labute approximate surface area is 143 Å². The van der Waals surface area contributed by atoms with Crippen molar-refractivity contribution < 1.29 is 13.2 Å². The molecule has 130 valence electrons. The minimum Gasteiger partial charge on any atom is -0.352 e. The third-order valence-electron chi connectivity index (χ3n) is 4.20. The largest absolute Gasteiger partial charge is 0.352 e. The number of nitrogens with one attached hydrogen (secondary N) is 1. The number of para-hydroxylation sites is 1. The highest BCUT2D eigenvalue weighted by Gasteiger charge is 2.24. The summed E-state index contributed by atoms with van der Waals surface area (Å²) in [5, 5.41) is 12.1. The summed E-state index contributed by atoms with van der Waals surface area (Å²) in [5.41, 5.74) is 0.462. The van der Waals surface area contributed by atoms with Crippen LogP contribution in [-0.2, 0) is 14.8 Å². The van der Waals surface area contributed by atoms with Gasteiger partial charge in [-0.15, -0.1) is 0 Å². The third-order valence-corrected chi connectivity index (χ3v) is 5.33. The molecule has 0 bridgehead atoms. The van der Waals surface area contributed by atoms with Crippen molar-refractivity contribution in [3.8, 4) is 6.07 Å². The van der Waals surface area contributed by atoms with Crippen LogP contribution in [0.5, 0.6) is 0 Å². The lowest BCUT2D eigenvalue weighted by Crippen LogP contribution is -2.44. The number of hydrogen-bond acceptors (Lipinski definition) is 4. The van der Waals surface area contributed by atoms with Crippen LogP contribution >= 0.6 is 0 Å². The number of nitrogens with zero attached hydrogens (tertiary/aromatic N) is 2. The van der Waals surface area contributed by atoms with Gasteiger partial charge >= 0.3 is 0 Å². The zero-order valence-electron chi connectivity index (χ0n) is 13.9. The van der Waals surface area contributed by atoms with E-state index in [4.69, 9.17) is 0 Å². The van der Waals surface area contributed by atoms with Gasteiger partial charge in [-0.1, -0.05) is 37.8 Å². The molecule has 7 heteroatoms. The van der Waals surface area contributed by atoms with E-state index in [1.165, 1.54) is 18.9 Å².